The first-order chi connectivity index (χ1) is 12.1. The molecule has 0 spiro atoms. The zero-order valence-corrected chi connectivity index (χ0v) is 16.9. The van der Waals surface area contributed by atoms with Gasteiger partial charge in [-0.25, -0.2) is 9.37 Å². The van der Waals surface area contributed by atoms with E-state index < -0.39 is 11.0 Å². The molecule has 0 atom stereocenters. The van der Waals surface area contributed by atoms with Crippen molar-refractivity contribution in [3.8, 4) is 5.69 Å². The molecule has 0 amide bonds. The Bertz CT molecular complexity index is 924. The Hall–Kier alpha value is -1.98. The topological polar surface area (TPSA) is 38.0 Å². The van der Waals surface area contributed by atoms with Crippen LogP contribution in [0.4, 0.5) is 4.39 Å². The molecular weight excluding hydrogens is 395 g/mol. The van der Waals surface area contributed by atoms with E-state index >= 15 is 0 Å². The van der Waals surface area contributed by atoms with Crippen LogP contribution in [0.25, 0.3) is 5.69 Å². The number of benzene rings is 2. The molecule has 5 heteroatoms. The first-order valence-corrected chi connectivity index (χ1v) is 9.23. The van der Waals surface area contributed by atoms with Crippen LogP contribution in [0.15, 0.2) is 59.2 Å². The van der Waals surface area contributed by atoms with Crippen LogP contribution in [0.3, 0.4) is 0 Å². The third-order valence-electron chi connectivity index (χ3n) is 4.54. The van der Waals surface area contributed by atoms with Crippen molar-refractivity contribution in [2.45, 2.75) is 38.7 Å². The number of hydrogen-bond acceptors (Lipinski definition) is 2. The number of aromatic nitrogens is 2. The van der Waals surface area contributed by atoms with Crippen LogP contribution in [0, 0.1) is 5.82 Å². The van der Waals surface area contributed by atoms with Crippen LogP contribution in [0.2, 0.25) is 0 Å². The SMILES string of the molecule is CC(C)(O)c1cn(-c2ccc(Br)cc2)c(C(C)(C)c2ccccc2F)n1. The quantitative estimate of drug-likeness (QED) is 0.624. The van der Waals surface area contributed by atoms with Crippen molar-refractivity contribution in [1.82, 2.24) is 9.55 Å². The predicted octanol–water partition coefficient (Wildman–Crippen LogP) is 5.33. The highest BCUT2D eigenvalue weighted by molar-refractivity contribution is 9.10. The molecule has 0 bridgehead atoms. The molecule has 3 nitrogen and oxygen atoms in total. The number of hydrogen-bond donors (Lipinski definition) is 1. The zero-order valence-electron chi connectivity index (χ0n) is 15.3. The fraction of sp³-hybridized carbons (Fsp3) is 0.286. The average molecular weight is 417 g/mol. The summed E-state index contributed by atoms with van der Waals surface area (Å²) >= 11 is 3.44. The van der Waals surface area contributed by atoms with Gasteiger partial charge in [0.05, 0.1) is 11.1 Å². The minimum atomic E-state index is -1.10. The Balaban J connectivity index is 2.24. The Morgan fingerprint density at radius 2 is 1.62 bits per heavy atom. The summed E-state index contributed by atoms with van der Waals surface area (Å²) in [7, 11) is 0. The van der Waals surface area contributed by atoms with Crippen LogP contribution >= 0.6 is 15.9 Å². The summed E-state index contributed by atoms with van der Waals surface area (Å²) in [4.78, 5) is 4.70. The van der Waals surface area contributed by atoms with Gasteiger partial charge in [-0.1, -0.05) is 34.1 Å². The van der Waals surface area contributed by atoms with Crippen molar-refractivity contribution in [1.29, 1.82) is 0 Å². The van der Waals surface area contributed by atoms with Crippen LogP contribution in [-0.4, -0.2) is 14.7 Å². The van der Waals surface area contributed by atoms with Crippen LogP contribution < -0.4 is 0 Å². The molecule has 136 valence electrons. The van der Waals surface area contributed by atoms with E-state index in [0.29, 0.717) is 17.1 Å². The van der Waals surface area contributed by atoms with Gasteiger partial charge in [-0.15, -0.1) is 0 Å². The normalized spacial score (nSPS) is 12.4. The minimum Gasteiger partial charge on any atom is -0.384 e. The third kappa shape index (κ3) is 3.46. The summed E-state index contributed by atoms with van der Waals surface area (Å²) in [5, 5.41) is 10.5. The predicted molar refractivity (Wildman–Crippen MR) is 105 cm³/mol. The fourth-order valence-corrected chi connectivity index (χ4v) is 3.27. The summed E-state index contributed by atoms with van der Waals surface area (Å²) in [5.41, 5.74) is 0.212. The molecule has 0 saturated heterocycles. The molecule has 0 unspecified atom stereocenters. The van der Waals surface area contributed by atoms with Crippen LogP contribution in [0.5, 0.6) is 0 Å². The number of imidazole rings is 1. The van der Waals surface area contributed by atoms with Crippen molar-refractivity contribution in [3.63, 3.8) is 0 Å². The van der Waals surface area contributed by atoms with Gasteiger partial charge in [0.25, 0.3) is 0 Å². The zero-order chi connectivity index (χ0) is 19.1. The van der Waals surface area contributed by atoms with E-state index in [-0.39, 0.29) is 5.82 Å². The average Bonchev–Trinajstić information content (AvgIpc) is 3.02. The largest absolute Gasteiger partial charge is 0.384 e. The van der Waals surface area contributed by atoms with Gasteiger partial charge in [0.2, 0.25) is 0 Å². The molecule has 3 aromatic rings. The molecular formula is C21H22BrFN2O. The Morgan fingerprint density at radius 1 is 1.00 bits per heavy atom. The van der Waals surface area contributed by atoms with Crippen molar-refractivity contribution < 1.29 is 9.50 Å². The summed E-state index contributed by atoms with van der Waals surface area (Å²) in [5.74, 6) is 0.398. The standard InChI is InChI=1S/C21H22BrFN2O/c1-20(2,16-7-5-6-8-17(16)23)19-24-18(21(3,4)26)13-25(19)15-11-9-14(22)10-12-15/h5-13,26H,1-4H3. The second kappa shape index (κ2) is 6.63. The maximum atomic E-state index is 14.5. The van der Waals surface area contributed by atoms with E-state index in [0.717, 1.165) is 10.2 Å². The Morgan fingerprint density at radius 3 is 2.19 bits per heavy atom. The van der Waals surface area contributed by atoms with E-state index in [4.69, 9.17) is 4.98 Å². The molecule has 1 N–H and O–H groups in total. The van der Waals surface area contributed by atoms with Gasteiger partial charge in [0.1, 0.15) is 17.2 Å². The first kappa shape index (κ1) is 18.8. The van der Waals surface area contributed by atoms with Crippen molar-refractivity contribution in [3.05, 3.63) is 82.1 Å². The fourth-order valence-electron chi connectivity index (χ4n) is 3.00. The lowest BCUT2D eigenvalue weighted by molar-refractivity contribution is 0.0741. The number of halogens is 2. The number of aliphatic hydroxyl groups is 1. The van der Waals surface area contributed by atoms with Crippen LogP contribution in [0.1, 0.15) is 44.8 Å². The van der Waals surface area contributed by atoms with E-state index in [1.807, 2.05) is 54.9 Å². The van der Waals surface area contributed by atoms with Gasteiger partial charge >= 0.3 is 0 Å². The van der Waals surface area contributed by atoms with Gasteiger partial charge < -0.3 is 9.67 Å². The second-order valence-corrected chi connectivity index (χ2v) is 8.38. The maximum absolute atomic E-state index is 14.5. The van der Waals surface area contributed by atoms with Gasteiger partial charge in [-0.2, -0.15) is 0 Å². The highest BCUT2D eigenvalue weighted by Gasteiger charge is 2.34. The highest BCUT2D eigenvalue weighted by Crippen LogP contribution is 2.35. The molecule has 1 aromatic heterocycles. The number of rotatable bonds is 4. The molecule has 3 rings (SSSR count). The summed E-state index contributed by atoms with van der Waals surface area (Å²) in [6.07, 6.45) is 1.82. The first-order valence-electron chi connectivity index (χ1n) is 8.44. The summed E-state index contributed by atoms with van der Waals surface area (Å²) in [6.45, 7) is 7.27. The summed E-state index contributed by atoms with van der Waals surface area (Å²) in [6, 6.07) is 14.5. The lowest BCUT2D eigenvalue weighted by Gasteiger charge is -2.26. The molecule has 0 saturated carbocycles. The second-order valence-electron chi connectivity index (χ2n) is 7.46. The molecule has 2 aromatic carbocycles. The smallest absolute Gasteiger partial charge is 0.127 e. The van der Waals surface area contributed by atoms with E-state index in [2.05, 4.69) is 15.9 Å². The maximum Gasteiger partial charge on any atom is 0.127 e. The van der Waals surface area contributed by atoms with E-state index in [1.54, 1.807) is 26.0 Å². The lowest BCUT2D eigenvalue weighted by atomic mass is 9.83. The highest BCUT2D eigenvalue weighted by atomic mass is 79.9. The third-order valence-corrected chi connectivity index (χ3v) is 5.07. The number of nitrogens with zero attached hydrogens (tertiary/aromatic N) is 2. The van der Waals surface area contributed by atoms with Crippen LogP contribution in [-0.2, 0) is 11.0 Å². The minimum absolute atomic E-state index is 0.271. The van der Waals surface area contributed by atoms with Crippen molar-refractivity contribution >= 4 is 15.9 Å². The Kier molecular flexibility index (Phi) is 4.80. The lowest BCUT2D eigenvalue weighted by Crippen LogP contribution is -2.25. The monoisotopic (exact) mass is 416 g/mol. The molecule has 1 heterocycles. The van der Waals surface area contributed by atoms with Gasteiger partial charge in [0, 0.05) is 21.9 Å². The van der Waals surface area contributed by atoms with Gasteiger partial charge in [-0.05, 0) is 58.0 Å². The molecule has 0 fully saturated rings. The van der Waals surface area contributed by atoms with Gasteiger partial charge in [0.15, 0.2) is 0 Å². The molecule has 0 aliphatic heterocycles. The van der Waals surface area contributed by atoms with Crippen molar-refractivity contribution in [2.24, 2.45) is 0 Å². The van der Waals surface area contributed by atoms with Gasteiger partial charge in [-0.3, -0.25) is 0 Å². The molecule has 26 heavy (non-hydrogen) atoms. The molecule has 0 radical (unpaired) electrons. The summed E-state index contributed by atoms with van der Waals surface area (Å²) < 4.78 is 17.4. The molecule has 0 aliphatic carbocycles. The molecule has 0 aliphatic rings. The van der Waals surface area contributed by atoms with E-state index in [9.17, 15) is 9.50 Å². The van der Waals surface area contributed by atoms with Crippen molar-refractivity contribution in [2.75, 3.05) is 0 Å². The van der Waals surface area contributed by atoms with E-state index in [1.165, 1.54) is 6.07 Å². The Labute approximate surface area is 161 Å².